The van der Waals surface area contributed by atoms with Crippen LogP contribution in [0.2, 0.25) is 0 Å². The minimum atomic E-state index is 0.712. The topological polar surface area (TPSA) is 43.9 Å². The summed E-state index contributed by atoms with van der Waals surface area (Å²) < 4.78 is 7.87. The van der Waals surface area contributed by atoms with Gasteiger partial charge in [0.1, 0.15) is 11.3 Å². The highest BCUT2D eigenvalue weighted by molar-refractivity contribution is 5.76. The van der Waals surface area contributed by atoms with Crippen LogP contribution in [0.4, 0.5) is 0 Å². The zero-order valence-corrected chi connectivity index (χ0v) is 12.2. The van der Waals surface area contributed by atoms with Gasteiger partial charge in [-0.25, -0.2) is 9.97 Å². The van der Waals surface area contributed by atoms with Crippen molar-refractivity contribution in [3.63, 3.8) is 0 Å². The number of aromatic nitrogens is 3. The zero-order valence-electron chi connectivity index (χ0n) is 12.2. The summed E-state index contributed by atoms with van der Waals surface area (Å²) in [6.07, 6.45) is 1.79. The average molecular weight is 289 g/mol. The first-order chi connectivity index (χ1) is 10.8. The Kier molecular flexibility index (Phi) is 3.00. The molecule has 0 radical (unpaired) electrons. The largest absolute Gasteiger partial charge is 0.458 e. The molecule has 4 nitrogen and oxygen atoms in total. The van der Waals surface area contributed by atoms with Gasteiger partial charge in [0.15, 0.2) is 17.2 Å². The Bertz CT molecular complexity index is 922. The summed E-state index contributed by atoms with van der Waals surface area (Å²) in [6.45, 7) is 2.65. The standard InChI is InChI=1S/C18H15N3O/c1-13-9-10-16(22-13)18-20-15-8-5-11-19-17(15)21(18)12-14-6-3-2-4-7-14/h2-11H,12H2,1H3. The molecule has 108 valence electrons. The normalized spacial score (nSPS) is 11.1. The fourth-order valence-electron chi connectivity index (χ4n) is 2.62. The molecule has 4 heteroatoms. The molecule has 0 aliphatic rings. The summed E-state index contributed by atoms with van der Waals surface area (Å²) in [4.78, 5) is 9.19. The Morgan fingerprint density at radius 1 is 1.00 bits per heavy atom. The molecule has 22 heavy (non-hydrogen) atoms. The molecule has 0 fully saturated rings. The third kappa shape index (κ3) is 2.19. The van der Waals surface area contributed by atoms with Crippen molar-refractivity contribution in [3.8, 4) is 11.6 Å². The summed E-state index contributed by atoms with van der Waals surface area (Å²) in [6, 6.07) is 18.1. The molecular formula is C18H15N3O. The molecule has 0 unspecified atom stereocenters. The molecule has 0 N–H and O–H groups in total. The fraction of sp³-hybridized carbons (Fsp3) is 0.111. The van der Waals surface area contributed by atoms with Gasteiger partial charge in [0.2, 0.25) is 0 Å². The Morgan fingerprint density at radius 2 is 1.86 bits per heavy atom. The molecule has 0 saturated carbocycles. The SMILES string of the molecule is Cc1ccc(-c2nc3cccnc3n2Cc2ccccc2)o1. The van der Waals surface area contributed by atoms with Gasteiger partial charge in [0.05, 0.1) is 6.54 Å². The molecule has 4 rings (SSSR count). The zero-order chi connectivity index (χ0) is 14.9. The van der Waals surface area contributed by atoms with Crippen molar-refractivity contribution < 1.29 is 4.42 Å². The summed E-state index contributed by atoms with van der Waals surface area (Å²) in [5.74, 6) is 2.46. The van der Waals surface area contributed by atoms with Crippen LogP contribution in [0.1, 0.15) is 11.3 Å². The van der Waals surface area contributed by atoms with Crippen molar-refractivity contribution in [1.82, 2.24) is 14.5 Å². The van der Waals surface area contributed by atoms with Crippen molar-refractivity contribution in [1.29, 1.82) is 0 Å². The molecular weight excluding hydrogens is 274 g/mol. The number of furan rings is 1. The Labute approximate surface area is 128 Å². The molecule has 0 aliphatic heterocycles. The van der Waals surface area contributed by atoms with Gasteiger partial charge >= 0.3 is 0 Å². The lowest BCUT2D eigenvalue weighted by Crippen LogP contribution is -2.02. The highest BCUT2D eigenvalue weighted by Crippen LogP contribution is 2.26. The third-order valence-corrected chi connectivity index (χ3v) is 3.65. The van der Waals surface area contributed by atoms with E-state index >= 15 is 0 Å². The van der Waals surface area contributed by atoms with Crippen molar-refractivity contribution in [2.24, 2.45) is 0 Å². The molecule has 4 aromatic rings. The molecule has 0 bridgehead atoms. The predicted molar refractivity (Wildman–Crippen MR) is 85.5 cm³/mol. The van der Waals surface area contributed by atoms with E-state index in [1.807, 2.05) is 49.4 Å². The number of imidazole rings is 1. The molecule has 0 amide bonds. The van der Waals surface area contributed by atoms with Gasteiger partial charge in [0, 0.05) is 6.20 Å². The van der Waals surface area contributed by atoms with E-state index in [-0.39, 0.29) is 0 Å². The summed E-state index contributed by atoms with van der Waals surface area (Å²) in [7, 11) is 0. The monoisotopic (exact) mass is 289 g/mol. The molecule has 0 spiro atoms. The van der Waals surface area contributed by atoms with E-state index in [4.69, 9.17) is 9.40 Å². The van der Waals surface area contributed by atoms with E-state index < -0.39 is 0 Å². The van der Waals surface area contributed by atoms with Crippen molar-refractivity contribution >= 4 is 11.2 Å². The second-order valence-electron chi connectivity index (χ2n) is 5.26. The van der Waals surface area contributed by atoms with E-state index in [1.165, 1.54) is 5.56 Å². The number of nitrogens with zero attached hydrogens (tertiary/aromatic N) is 3. The van der Waals surface area contributed by atoms with E-state index in [0.29, 0.717) is 6.54 Å². The van der Waals surface area contributed by atoms with Crippen LogP contribution in [0.25, 0.3) is 22.7 Å². The molecule has 0 atom stereocenters. The highest BCUT2D eigenvalue weighted by atomic mass is 16.3. The van der Waals surface area contributed by atoms with Crippen LogP contribution < -0.4 is 0 Å². The summed E-state index contributed by atoms with van der Waals surface area (Å²) in [5, 5.41) is 0. The van der Waals surface area contributed by atoms with E-state index in [0.717, 1.165) is 28.5 Å². The van der Waals surface area contributed by atoms with Gasteiger partial charge in [-0.2, -0.15) is 0 Å². The quantitative estimate of drug-likeness (QED) is 0.571. The summed E-state index contributed by atoms with van der Waals surface area (Å²) in [5.41, 5.74) is 2.95. The lowest BCUT2D eigenvalue weighted by molar-refractivity contribution is 0.540. The van der Waals surface area contributed by atoms with E-state index in [9.17, 15) is 0 Å². The lowest BCUT2D eigenvalue weighted by atomic mass is 10.2. The third-order valence-electron chi connectivity index (χ3n) is 3.65. The Balaban J connectivity index is 1.90. The number of pyridine rings is 1. The van der Waals surface area contributed by atoms with Gasteiger partial charge in [-0.3, -0.25) is 0 Å². The molecule has 3 heterocycles. The number of rotatable bonds is 3. The van der Waals surface area contributed by atoms with Crippen LogP contribution in [0, 0.1) is 6.92 Å². The van der Waals surface area contributed by atoms with Crippen LogP contribution in [-0.4, -0.2) is 14.5 Å². The molecule has 1 aromatic carbocycles. The summed E-state index contributed by atoms with van der Waals surface area (Å²) >= 11 is 0. The van der Waals surface area contributed by atoms with E-state index in [2.05, 4.69) is 21.7 Å². The predicted octanol–water partition coefficient (Wildman–Crippen LogP) is 4.05. The lowest BCUT2D eigenvalue weighted by Gasteiger charge is -2.07. The van der Waals surface area contributed by atoms with Gasteiger partial charge in [-0.1, -0.05) is 30.3 Å². The number of hydrogen-bond donors (Lipinski definition) is 0. The Hall–Kier alpha value is -2.88. The maximum absolute atomic E-state index is 5.77. The van der Waals surface area contributed by atoms with Crippen molar-refractivity contribution in [3.05, 3.63) is 72.1 Å². The first-order valence-electron chi connectivity index (χ1n) is 7.23. The maximum Gasteiger partial charge on any atom is 0.178 e. The number of benzene rings is 1. The molecule has 0 saturated heterocycles. The molecule has 3 aromatic heterocycles. The minimum Gasteiger partial charge on any atom is -0.458 e. The second-order valence-corrected chi connectivity index (χ2v) is 5.26. The molecule has 0 aliphatic carbocycles. The van der Waals surface area contributed by atoms with Crippen LogP contribution >= 0.6 is 0 Å². The van der Waals surface area contributed by atoms with Crippen molar-refractivity contribution in [2.45, 2.75) is 13.5 Å². The van der Waals surface area contributed by atoms with Crippen molar-refractivity contribution in [2.75, 3.05) is 0 Å². The van der Waals surface area contributed by atoms with Gasteiger partial charge in [0.25, 0.3) is 0 Å². The number of aryl methyl sites for hydroxylation is 1. The van der Waals surface area contributed by atoms with Gasteiger partial charge in [-0.15, -0.1) is 0 Å². The van der Waals surface area contributed by atoms with Gasteiger partial charge < -0.3 is 8.98 Å². The fourth-order valence-corrected chi connectivity index (χ4v) is 2.62. The highest BCUT2D eigenvalue weighted by Gasteiger charge is 2.16. The Morgan fingerprint density at radius 3 is 2.64 bits per heavy atom. The van der Waals surface area contributed by atoms with Crippen LogP contribution in [-0.2, 0) is 6.54 Å². The maximum atomic E-state index is 5.77. The smallest absolute Gasteiger partial charge is 0.178 e. The van der Waals surface area contributed by atoms with E-state index in [1.54, 1.807) is 6.20 Å². The van der Waals surface area contributed by atoms with Crippen LogP contribution in [0.5, 0.6) is 0 Å². The van der Waals surface area contributed by atoms with Crippen LogP contribution in [0.3, 0.4) is 0 Å². The van der Waals surface area contributed by atoms with Crippen LogP contribution in [0.15, 0.2) is 65.2 Å². The first kappa shape index (κ1) is 12.8. The first-order valence-corrected chi connectivity index (χ1v) is 7.23. The number of hydrogen-bond acceptors (Lipinski definition) is 3. The second kappa shape index (κ2) is 5.15. The van der Waals surface area contributed by atoms with Gasteiger partial charge in [-0.05, 0) is 36.8 Å². The number of fused-ring (bicyclic) bond motifs is 1. The average Bonchev–Trinajstić information content (AvgIpc) is 3.13. The minimum absolute atomic E-state index is 0.712.